The van der Waals surface area contributed by atoms with E-state index in [9.17, 15) is 9.59 Å². The van der Waals surface area contributed by atoms with Gasteiger partial charge < -0.3 is 9.64 Å². The molecule has 0 radical (unpaired) electrons. The summed E-state index contributed by atoms with van der Waals surface area (Å²) in [6.45, 7) is 0. The second-order valence-corrected chi connectivity index (χ2v) is 5.73. The molecule has 0 fully saturated rings. The Hall–Kier alpha value is -1.64. The summed E-state index contributed by atoms with van der Waals surface area (Å²) >= 11 is 12.7. The summed E-state index contributed by atoms with van der Waals surface area (Å²) in [4.78, 5) is 28.6. The van der Waals surface area contributed by atoms with Crippen molar-refractivity contribution in [2.24, 2.45) is 4.99 Å². The molecule has 22 heavy (non-hydrogen) atoms. The number of nitrogens with zero attached hydrogens (tertiary/aromatic N) is 2. The number of aliphatic imine (C=N–C) groups is 1. The average molecular weight is 365 g/mol. The van der Waals surface area contributed by atoms with Gasteiger partial charge >= 0.3 is 18.1 Å². The number of nitrogens with one attached hydrogen (secondary N) is 2. The normalized spacial score (nSPS) is 10.9. The number of carbonyl (C=O) groups excluding carboxylic acids is 2. The molecule has 0 saturated heterocycles. The first-order chi connectivity index (χ1) is 10.3. The molecule has 0 bridgehead atoms. The van der Waals surface area contributed by atoms with Crippen molar-refractivity contribution in [1.29, 1.82) is 0 Å². The van der Waals surface area contributed by atoms with Crippen LogP contribution >= 0.6 is 35.1 Å². The van der Waals surface area contributed by atoms with Gasteiger partial charge in [0, 0.05) is 19.0 Å². The highest BCUT2D eigenvalue weighted by atomic mass is 35.5. The second-order valence-electron chi connectivity index (χ2n) is 4.03. The van der Waals surface area contributed by atoms with E-state index in [0.717, 1.165) is 11.9 Å². The van der Waals surface area contributed by atoms with E-state index in [0.29, 0.717) is 14.9 Å². The predicted molar refractivity (Wildman–Crippen MR) is 87.5 cm³/mol. The van der Waals surface area contributed by atoms with E-state index in [2.05, 4.69) is 15.0 Å². The van der Waals surface area contributed by atoms with Gasteiger partial charge in [-0.1, -0.05) is 23.2 Å². The van der Waals surface area contributed by atoms with E-state index in [4.69, 9.17) is 27.9 Å². The Kier molecular flexibility index (Phi) is 7.30. The number of carbonyl (C=O) groups is 2. The minimum Gasteiger partial charge on any atom is -0.468 e. The third-order valence-corrected chi connectivity index (χ3v) is 3.66. The van der Waals surface area contributed by atoms with Gasteiger partial charge in [-0.3, -0.25) is 10.0 Å². The van der Waals surface area contributed by atoms with E-state index < -0.39 is 12.1 Å². The van der Waals surface area contributed by atoms with E-state index in [-0.39, 0.29) is 6.02 Å². The molecule has 10 heteroatoms. The fraction of sp³-hybridized carbons (Fsp3) is 0.250. The SMILES string of the molecule is COC(=NC(=O)N(C)C)NC(=O)NSc1ccc(Cl)c(Cl)c1. The second kappa shape index (κ2) is 8.72. The summed E-state index contributed by atoms with van der Waals surface area (Å²) in [7, 11) is 4.34. The molecule has 0 aromatic heterocycles. The molecular weight excluding hydrogens is 351 g/mol. The average Bonchev–Trinajstić information content (AvgIpc) is 2.47. The van der Waals surface area contributed by atoms with Crippen LogP contribution in [0.1, 0.15) is 0 Å². The lowest BCUT2D eigenvalue weighted by molar-refractivity contribution is 0.226. The number of urea groups is 2. The summed E-state index contributed by atoms with van der Waals surface area (Å²) in [6, 6.07) is 3.53. The molecule has 0 unspecified atom stereocenters. The topological polar surface area (TPSA) is 83.0 Å². The third kappa shape index (κ3) is 6.00. The Bertz CT molecular complexity index is 596. The van der Waals surface area contributed by atoms with Crippen molar-refractivity contribution in [3.05, 3.63) is 28.2 Å². The maximum Gasteiger partial charge on any atom is 0.347 e. The highest BCUT2D eigenvalue weighted by Gasteiger charge is 2.10. The van der Waals surface area contributed by atoms with Gasteiger partial charge in [0.05, 0.1) is 17.2 Å². The fourth-order valence-electron chi connectivity index (χ4n) is 1.08. The van der Waals surface area contributed by atoms with Gasteiger partial charge in [-0.25, -0.2) is 9.59 Å². The highest BCUT2D eigenvalue weighted by molar-refractivity contribution is 7.98. The lowest BCUT2D eigenvalue weighted by atomic mass is 10.4. The monoisotopic (exact) mass is 364 g/mol. The zero-order chi connectivity index (χ0) is 16.7. The summed E-state index contributed by atoms with van der Waals surface area (Å²) in [5.74, 6) is 0. The van der Waals surface area contributed by atoms with Gasteiger partial charge in [0.1, 0.15) is 0 Å². The van der Waals surface area contributed by atoms with Crippen LogP contribution in [0.2, 0.25) is 10.0 Å². The molecule has 7 nitrogen and oxygen atoms in total. The van der Waals surface area contributed by atoms with Crippen molar-refractivity contribution in [1.82, 2.24) is 14.9 Å². The Morgan fingerprint density at radius 3 is 2.50 bits per heavy atom. The first-order valence-corrected chi connectivity index (χ1v) is 7.43. The van der Waals surface area contributed by atoms with E-state index in [1.54, 1.807) is 18.2 Å². The summed E-state index contributed by atoms with van der Waals surface area (Å²) in [5.41, 5.74) is 0. The molecule has 0 saturated carbocycles. The van der Waals surface area contributed by atoms with Gasteiger partial charge in [0.25, 0.3) is 0 Å². The molecule has 0 aliphatic heterocycles. The number of halogens is 2. The minimum absolute atomic E-state index is 0.217. The molecule has 1 aromatic carbocycles. The molecule has 0 spiro atoms. The van der Waals surface area contributed by atoms with E-state index >= 15 is 0 Å². The quantitative estimate of drug-likeness (QED) is 0.480. The first-order valence-electron chi connectivity index (χ1n) is 5.86. The predicted octanol–water partition coefficient (Wildman–Crippen LogP) is 2.98. The molecule has 2 N–H and O–H groups in total. The summed E-state index contributed by atoms with van der Waals surface area (Å²) in [5, 5.41) is 3.10. The number of methoxy groups -OCH3 is 1. The lowest BCUT2D eigenvalue weighted by Gasteiger charge is -2.10. The molecule has 0 atom stereocenters. The van der Waals surface area contributed by atoms with Crippen molar-refractivity contribution in [2.45, 2.75) is 4.90 Å². The van der Waals surface area contributed by atoms with Crippen LogP contribution in [0.4, 0.5) is 9.59 Å². The molecular formula is C12H14Cl2N4O3S. The van der Waals surface area contributed by atoms with Crippen LogP contribution in [-0.4, -0.2) is 44.2 Å². The molecule has 1 aromatic rings. The molecule has 4 amide bonds. The van der Waals surface area contributed by atoms with Gasteiger partial charge in [0.15, 0.2) is 0 Å². The molecule has 120 valence electrons. The molecule has 0 aliphatic rings. The maximum absolute atomic E-state index is 11.7. The Balaban J connectivity index is 2.57. The number of amidine groups is 1. The number of amides is 4. The van der Waals surface area contributed by atoms with Crippen LogP contribution < -0.4 is 10.0 Å². The van der Waals surface area contributed by atoms with Crippen molar-refractivity contribution < 1.29 is 14.3 Å². The van der Waals surface area contributed by atoms with Crippen molar-refractivity contribution in [2.75, 3.05) is 21.2 Å². The zero-order valence-corrected chi connectivity index (χ0v) is 14.3. The summed E-state index contributed by atoms with van der Waals surface area (Å²) < 4.78 is 7.30. The largest absolute Gasteiger partial charge is 0.468 e. The molecule has 0 heterocycles. The van der Waals surface area contributed by atoms with Gasteiger partial charge in [-0.15, -0.1) is 4.99 Å². The van der Waals surface area contributed by atoms with Gasteiger partial charge in [0.2, 0.25) is 0 Å². The van der Waals surface area contributed by atoms with Gasteiger partial charge in [-0.05, 0) is 30.1 Å². The number of ether oxygens (including phenoxy) is 1. The molecule has 0 aliphatic carbocycles. The van der Waals surface area contributed by atoms with Crippen LogP contribution in [0, 0.1) is 0 Å². The lowest BCUT2D eigenvalue weighted by Crippen LogP contribution is -2.38. The Morgan fingerprint density at radius 1 is 1.27 bits per heavy atom. The first kappa shape index (κ1) is 18.4. The standard InChI is InChI=1S/C12H14Cl2N4O3S/c1-18(2)12(20)16-11(21-3)15-10(19)17-22-7-4-5-8(13)9(14)6-7/h4-6H,1-3H3,(H2,15,16,17,19,20). The Labute approximate surface area is 142 Å². The minimum atomic E-state index is -0.608. The number of hydrogen-bond donors (Lipinski definition) is 2. The fourth-order valence-corrected chi connectivity index (χ4v) is 2.02. The highest BCUT2D eigenvalue weighted by Crippen LogP contribution is 2.26. The maximum atomic E-state index is 11.7. The van der Waals surface area contributed by atoms with Crippen LogP contribution in [0.25, 0.3) is 0 Å². The summed E-state index contributed by atoms with van der Waals surface area (Å²) in [6.07, 6.45) is 0. The van der Waals surface area contributed by atoms with Gasteiger partial charge in [-0.2, -0.15) is 0 Å². The third-order valence-electron chi connectivity index (χ3n) is 2.15. The van der Waals surface area contributed by atoms with Crippen molar-refractivity contribution in [3.8, 4) is 0 Å². The number of benzene rings is 1. The zero-order valence-electron chi connectivity index (χ0n) is 12.0. The van der Waals surface area contributed by atoms with Crippen LogP contribution in [0.5, 0.6) is 0 Å². The van der Waals surface area contributed by atoms with Crippen molar-refractivity contribution in [3.63, 3.8) is 0 Å². The van der Waals surface area contributed by atoms with E-state index in [1.807, 2.05) is 0 Å². The molecule has 1 rings (SSSR count). The van der Waals surface area contributed by atoms with Crippen LogP contribution in [0.3, 0.4) is 0 Å². The van der Waals surface area contributed by atoms with Crippen LogP contribution in [-0.2, 0) is 4.74 Å². The number of rotatable bonds is 2. The van der Waals surface area contributed by atoms with Crippen molar-refractivity contribution >= 4 is 53.2 Å². The Morgan fingerprint density at radius 2 is 1.95 bits per heavy atom. The number of hydrogen-bond acceptors (Lipinski definition) is 4. The van der Waals surface area contributed by atoms with E-state index in [1.165, 1.54) is 26.1 Å². The smallest absolute Gasteiger partial charge is 0.347 e. The van der Waals surface area contributed by atoms with Crippen LogP contribution in [0.15, 0.2) is 28.1 Å².